The molecule has 1 amide bonds. The lowest BCUT2D eigenvalue weighted by atomic mass is 10.2. The lowest BCUT2D eigenvalue weighted by Gasteiger charge is -2.03. The number of carbonyl (C=O) groups is 1. The number of amides is 1. The third kappa shape index (κ3) is 4.51. The van der Waals surface area contributed by atoms with Gasteiger partial charge in [0.25, 0.3) is 11.6 Å². The van der Waals surface area contributed by atoms with Gasteiger partial charge in [-0.2, -0.15) is 5.10 Å². The van der Waals surface area contributed by atoms with E-state index in [1.165, 1.54) is 36.5 Å². The quantitative estimate of drug-likeness (QED) is 0.454. The van der Waals surface area contributed by atoms with Crippen LogP contribution in [0.5, 0.6) is 0 Å². The van der Waals surface area contributed by atoms with Crippen molar-refractivity contribution in [3.05, 3.63) is 72.2 Å². The fourth-order valence-corrected chi connectivity index (χ4v) is 2.53. The Morgan fingerprint density at radius 1 is 1.26 bits per heavy atom. The van der Waals surface area contributed by atoms with Crippen LogP contribution in [0.4, 0.5) is 5.69 Å². The highest BCUT2D eigenvalue weighted by molar-refractivity contribution is 9.10. The maximum atomic E-state index is 11.9. The zero-order valence-electron chi connectivity index (χ0n) is 11.3. The van der Waals surface area contributed by atoms with Gasteiger partial charge in [-0.1, -0.05) is 29.3 Å². The summed E-state index contributed by atoms with van der Waals surface area (Å²) >= 11 is 14.8. The molecule has 0 radical (unpaired) electrons. The number of benzene rings is 2. The van der Waals surface area contributed by atoms with Crippen molar-refractivity contribution in [1.29, 1.82) is 0 Å². The number of halogens is 3. The molecule has 0 aliphatic carbocycles. The average Bonchev–Trinajstić information content (AvgIpc) is 2.48. The first-order valence-corrected chi connectivity index (χ1v) is 7.66. The number of hydrazone groups is 1. The minimum Gasteiger partial charge on any atom is -0.267 e. The maximum absolute atomic E-state index is 11.9. The number of carbonyl (C=O) groups excluding carboxylic acids is 1. The van der Waals surface area contributed by atoms with E-state index in [4.69, 9.17) is 23.2 Å². The van der Waals surface area contributed by atoms with Crippen LogP contribution in [0.3, 0.4) is 0 Å². The van der Waals surface area contributed by atoms with Gasteiger partial charge in [0.1, 0.15) is 0 Å². The predicted molar refractivity (Wildman–Crippen MR) is 92.3 cm³/mol. The van der Waals surface area contributed by atoms with E-state index < -0.39 is 10.8 Å². The smallest absolute Gasteiger partial charge is 0.267 e. The Bertz CT molecular complexity index is 812. The molecule has 23 heavy (non-hydrogen) atoms. The van der Waals surface area contributed by atoms with Crippen LogP contribution in [0.15, 0.2) is 46.0 Å². The molecule has 0 spiro atoms. The summed E-state index contributed by atoms with van der Waals surface area (Å²) in [5.74, 6) is -0.519. The number of hydrogen-bond acceptors (Lipinski definition) is 4. The topological polar surface area (TPSA) is 84.6 Å². The number of nitro benzene ring substituents is 1. The fourth-order valence-electron chi connectivity index (χ4n) is 1.65. The largest absolute Gasteiger partial charge is 0.284 e. The van der Waals surface area contributed by atoms with Gasteiger partial charge in [0.05, 0.1) is 26.2 Å². The van der Waals surface area contributed by atoms with E-state index in [2.05, 4.69) is 26.5 Å². The first kappa shape index (κ1) is 17.4. The summed E-state index contributed by atoms with van der Waals surface area (Å²) in [6, 6.07) is 8.92. The molecule has 2 aromatic carbocycles. The van der Waals surface area contributed by atoms with Gasteiger partial charge in [-0.05, 0) is 40.2 Å². The van der Waals surface area contributed by atoms with Gasteiger partial charge in [-0.25, -0.2) is 5.43 Å². The molecule has 118 valence electrons. The van der Waals surface area contributed by atoms with Crippen LogP contribution in [-0.2, 0) is 0 Å². The Hall–Kier alpha value is -1.96. The second kappa shape index (κ2) is 7.54. The molecule has 2 rings (SSSR count). The van der Waals surface area contributed by atoms with Crippen molar-refractivity contribution in [3.8, 4) is 0 Å². The van der Waals surface area contributed by atoms with E-state index in [0.717, 1.165) is 0 Å². The Balaban J connectivity index is 2.11. The molecule has 0 aliphatic heterocycles. The zero-order valence-corrected chi connectivity index (χ0v) is 14.4. The second-order valence-corrected chi connectivity index (χ2v) is 5.99. The average molecular weight is 417 g/mol. The number of hydrogen-bond donors (Lipinski definition) is 1. The number of nitrogens with zero attached hydrogens (tertiary/aromatic N) is 2. The molecule has 0 unspecified atom stereocenters. The van der Waals surface area contributed by atoms with Crippen molar-refractivity contribution in [3.63, 3.8) is 0 Å². The van der Waals surface area contributed by atoms with Crippen LogP contribution in [-0.4, -0.2) is 17.0 Å². The van der Waals surface area contributed by atoms with Crippen LogP contribution in [0.25, 0.3) is 0 Å². The molecule has 0 atom stereocenters. The van der Waals surface area contributed by atoms with Gasteiger partial charge in [0, 0.05) is 16.7 Å². The molecule has 9 heteroatoms. The molecule has 0 aliphatic rings. The molecule has 0 bridgehead atoms. The van der Waals surface area contributed by atoms with E-state index in [0.29, 0.717) is 15.1 Å². The minimum absolute atomic E-state index is 0.0963. The van der Waals surface area contributed by atoms with E-state index >= 15 is 0 Å². The highest BCUT2D eigenvalue weighted by Gasteiger charge is 2.12. The first-order chi connectivity index (χ1) is 10.9. The maximum Gasteiger partial charge on any atom is 0.284 e. The van der Waals surface area contributed by atoms with Crippen LogP contribution in [0, 0.1) is 10.1 Å². The van der Waals surface area contributed by atoms with E-state index in [-0.39, 0.29) is 16.3 Å². The van der Waals surface area contributed by atoms with Crippen LogP contribution < -0.4 is 5.43 Å². The molecule has 0 aromatic heterocycles. The number of nitrogens with one attached hydrogen (secondary N) is 1. The highest BCUT2D eigenvalue weighted by Crippen LogP contribution is 2.25. The van der Waals surface area contributed by atoms with Gasteiger partial charge < -0.3 is 0 Å². The molecule has 1 N–H and O–H groups in total. The van der Waals surface area contributed by atoms with Gasteiger partial charge in [-0.15, -0.1) is 0 Å². The van der Waals surface area contributed by atoms with E-state index in [9.17, 15) is 14.9 Å². The third-order valence-electron chi connectivity index (χ3n) is 2.72. The normalized spacial score (nSPS) is 10.7. The minimum atomic E-state index is -0.520. The molecular weight excluding hydrogens is 409 g/mol. The Morgan fingerprint density at radius 2 is 2.00 bits per heavy atom. The van der Waals surface area contributed by atoms with Crippen molar-refractivity contribution >= 4 is 56.9 Å². The van der Waals surface area contributed by atoms with Crippen molar-refractivity contribution in [2.75, 3.05) is 0 Å². The van der Waals surface area contributed by atoms with E-state index in [1.807, 2.05) is 0 Å². The molecule has 0 heterocycles. The van der Waals surface area contributed by atoms with Crippen molar-refractivity contribution in [2.24, 2.45) is 5.10 Å². The van der Waals surface area contributed by atoms with Crippen molar-refractivity contribution in [2.45, 2.75) is 0 Å². The fraction of sp³-hybridized carbons (Fsp3) is 0. The lowest BCUT2D eigenvalue weighted by Crippen LogP contribution is -2.18. The Labute approximate surface area is 149 Å². The molecular formula is C14H8BrCl2N3O3. The van der Waals surface area contributed by atoms with Crippen molar-refractivity contribution < 1.29 is 9.72 Å². The van der Waals surface area contributed by atoms with Crippen LogP contribution >= 0.6 is 39.1 Å². The summed E-state index contributed by atoms with van der Waals surface area (Å²) in [6.45, 7) is 0. The highest BCUT2D eigenvalue weighted by atomic mass is 79.9. The summed E-state index contributed by atoms with van der Waals surface area (Å²) in [6.07, 6.45) is 1.29. The van der Waals surface area contributed by atoms with Crippen LogP contribution in [0.1, 0.15) is 15.9 Å². The third-order valence-corrected chi connectivity index (χ3v) is 3.94. The van der Waals surface area contributed by atoms with Gasteiger partial charge in [-0.3, -0.25) is 14.9 Å². The summed E-state index contributed by atoms with van der Waals surface area (Å²) < 4.78 is 0.358. The summed E-state index contributed by atoms with van der Waals surface area (Å²) in [5, 5.41) is 15.2. The summed E-state index contributed by atoms with van der Waals surface area (Å²) in [4.78, 5) is 22.2. The van der Waals surface area contributed by atoms with Gasteiger partial charge >= 0.3 is 0 Å². The zero-order chi connectivity index (χ0) is 17.0. The van der Waals surface area contributed by atoms with Crippen LogP contribution in [0.2, 0.25) is 10.0 Å². The van der Waals surface area contributed by atoms with Crippen molar-refractivity contribution in [1.82, 2.24) is 5.43 Å². The molecule has 2 aromatic rings. The van der Waals surface area contributed by atoms with Gasteiger partial charge in [0.2, 0.25) is 0 Å². The number of nitro groups is 1. The predicted octanol–water partition coefficient (Wildman–Crippen LogP) is 4.43. The Morgan fingerprint density at radius 3 is 2.65 bits per heavy atom. The molecule has 0 saturated heterocycles. The summed E-state index contributed by atoms with van der Waals surface area (Å²) in [5.41, 5.74) is 2.87. The SMILES string of the molecule is O=C(N/N=C\c1ccc(Br)c([N+](=O)[O-])c1)c1ccc(Cl)cc1Cl. The monoisotopic (exact) mass is 415 g/mol. The Kier molecular flexibility index (Phi) is 5.70. The summed E-state index contributed by atoms with van der Waals surface area (Å²) in [7, 11) is 0. The standard InChI is InChI=1S/C14H8BrCl2N3O3/c15-11-4-1-8(5-13(11)20(22)23)7-18-19-14(21)10-3-2-9(16)6-12(10)17/h1-7H,(H,19,21)/b18-7-. The lowest BCUT2D eigenvalue weighted by molar-refractivity contribution is -0.385. The number of rotatable bonds is 4. The molecule has 6 nitrogen and oxygen atoms in total. The van der Waals surface area contributed by atoms with Gasteiger partial charge in [0.15, 0.2) is 0 Å². The van der Waals surface area contributed by atoms with E-state index in [1.54, 1.807) is 6.07 Å². The molecule has 0 fully saturated rings. The second-order valence-electron chi connectivity index (χ2n) is 4.29. The molecule has 0 saturated carbocycles. The first-order valence-electron chi connectivity index (χ1n) is 6.11.